The summed E-state index contributed by atoms with van der Waals surface area (Å²) in [6, 6.07) is 66.1. The molecule has 0 saturated heterocycles. The van der Waals surface area contributed by atoms with Crippen molar-refractivity contribution < 1.29 is 0 Å². The van der Waals surface area contributed by atoms with Gasteiger partial charge in [-0.3, -0.25) is 0 Å². The Morgan fingerprint density at radius 3 is 1.68 bits per heavy atom. The maximum atomic E-state index is 2.38. The Morgan fingerprint density at radius 1 is 0.415 bits per heavy atom. The summed E-state index contributed by atoms with van der Waals surface area (Å²) in [5, 5.41) is 5.07. The van der Waals surface area contributed by atoms with Gasteiger partial charge in [0.25, 0.3) is 0 Å². The summed E-state index contributed by atoms with van der Waals surface area (Å²) in [5.41, 5.74) is 13.2. The first kappa shape index (κ1) is 32.3. The van der Waals surface area contributed by atoms with Gasteiger partial charge in [0.2, 0.25) is 0 Å². The Hall–Kier alpha value is -6.64. The standard InChI is InChI=1S/C51H40N2/c1-52(51-36-43-18-8-9-23-48(43)49-24-10-11-25-50(49)51)44-30-26-39(27-31-44)40-28-32-45(33-29-40)53(46-21-12-19-41(34-46)37-14-4-2-5-15-37)47-22-13-20-42(35-47)38-16-6-3-7-17-38/h2-6,8-16,18-36H,7,17H2,1H3. The van der Waals surface area contributed by atoms with Crippen LogP contribution < -0.4 is 9.80 Å². The van der Waals surface area contributed by atoms with Gasteiger partial charge >= 0.3 is 0 Å². The number of fused-ring (bicyclic) bond motifs is 3. The van der Waals surface area contributed by atoms with Crippen LogP contribution in [-0.2, 0) is 0 Å². The molecule has 254 valence electrons. The minimum absolute atomic E-state index is 1.06. The highest BCUT2D eigenvalue weighted by Crippen LogP contribution is 2.40. The molecule has 1 aliphatic carbocycles. The van der Waals surface area contributed by atoms with Crippen LogP contribution in [0.1, 0.15) is 18.4 Å². The third-order valence-corrected chi connectivity index (χ3v) is 10.5. The van der Waals surface area contributed by atoms with Crippen LogP contribution in [0.2, 0.25) is 0 Å². The SMILES string of the molecule is CN(c1ccc(-c2ccc(N(c3cccc(C4=CC=CCC4)c3)c3cccc(-c4ccccc4)c3)cc2)cc1)c1cc2ccccc2c2ccccc12. The normalized spacial score (nSPS) is 12.5. The van der Waals surface area contributed by atoms with E-state index in [1.807, 2.05) is 0 Å². The number of hydrogen-bond donors (Lipinski definition) is 0. The smallest absolute Gasteiger partial charge is 0.0494 e. The third kappa shape index (κ3) is 6.41. The predicted octanol–water partition coefficient (Wildman–Crippen LogP) is 14.3. The molecule has 8 aromatic rings. The molecule has 8 aromatic carbocycles. The number of nitrogens with zero attached hydrogens (tertiary/aromatic N) is 2. The van der Waals surface area contributed by atoms with E-state index in [0.29, 0.717) is 0 Å². The van der Waals surface area contributed by atoms with Crippen molar-refractivity contribution in [1.29, 1.82) is 0 Å². The van der Waals surface area contributed by atoms with E-state index in [0.717, 1.165) is 35.6 Å². The highest BCUT2D eigenvalue weighted by atomic mass is 15.1. The van der Waals surface area contributed by atoms with Crippen LogP contribution in [0.4, 0.5) is 28.4 Å². The first-order chi connectivity index (χ1) is 26.2. The van der Waals surface area contributed by atoms with Crippen molar-refractivity contribution in [3.63, 3.8) is 0 Å². The molecule has 0 amide bonds. The maximum Gasteiger partial charge on any atom is 0.0494 e. The van der Waals surface area contributed by atoms with Crippen LogP contribution in [0.5, 0.6) is 0 Å². The van der Waals surface area contributed by atoms with Crippen molar-refractivity contribution in [2.45, 2.75) is 12.8 Å². The van der Waals surface area contributed by atoms with Crippen LogP contribution in [0.3, 0.4) is 0 Å². The summed E-state index contributed by atoms with van der Waals surface area (Å²) in [4.78, 5) is 4.68. The summed E-state index contributed by atoms with van der Waals surface area (Å²) in [7, 11) is 2.16. The molecule has 0 radical (unpaired) electrons. The molecule has 2 nitrogen and oxygen atoms in total. The van der Waals surface area contributed by atoms with Crippen molar-refractivity contribution in [1.82, 2.24) is 0 Å². The zero-order valence-corrected chi connectivity index (χ0v) is 29.9. The molecular formula is C51H40N2. The van der Waals surface area contributed by atoms with Gasteiger partial charge in [0, 0.05) is 40.9 Å². The Kier molecular flexibility index (Phi) is 8.63. The van der Waals surface area contributed by atoms with Crippen molar-refractivity contribution in [3.8, 4) is 22.3 Å². The maximum absolute atomic E-state index is 2.38. The van der Waals surface area contributed by atoms with Gasteiger partial charge in [-0.25, -0.2) is 0 Å². The average molecular weight is 681 g/mol. The van der Waals surface area contributed by atoms with Gasteiger partial charge in [-0.15, -0.1) is 0 Å². The fraction of sp³-hybridized carbons (Fsp3) is 0.0588. The molecule has 0 atom stereocenters. The number of rotatable bonds is 8. The van der Waals surface area contributed by atoms with Gasteiger partial charge in [0.15, 0.2) is 0 Å². The number of hydrogen-bond acceptors (Lipinski definition) is 2. The van der Waals surface area contributed by atoms with E-state index in [-0.39, 0.29) is 0 Å². The zero-order chi connectivity index (χ0) is 35.6. The molecule has 9 rings (SSSR count). The van der Waals surface area contributed by atoms with Gasteiger partial charge in [0.1, 0.15) is 0 Å². The summed E-state index contributed by atoms with van der Waals surface area (Å²) in [6.07, 6.45) is 8.82. The molecule has 0 fully saturated rings. The highest BCUT2D eigenvalue weighted by molar-refractivity contribution is 6.13. The fourth-order valence-corrected chi connectivity index (χ4v) is 7.72. The van der Waals surface area contributed by atoms with Crippen LogP contribution >= 0.6 is 0 Å². The first-order valence-corrected chi connectivity index (χ1v) is 18.5. The summed E-state index contributed by atoms with van der Waals surface area (Å²) in [5.74, 6) is 0. The molecule has 0 aromatic heterocycles. The van der Waals surface area contributed by atoms with Crippen molar-refractivity contribution in [2.24, 2.45) is 0 Å². The molecule has 0 unspecified atom stereocenters. The summed E-state index contributed by atoms with van der Waals surface area (Å²) < 4.78 is 0. The average Bonchev–Trinajstić information content (AvgIpc) is 3.24. The Morgan fingerprint density at radius 2 is 0.981 bits per heavy atom. The van der Waals surface area contributed by atoms with Gasteiger partial charge < -0.3 is 9.80 Å². The van der Waals surface area contributed by atoms with E-state index in [1.165, 1.54) is 60.6 Å². The first-order valence-electron chi connectivity index (χ1n) is 18.5. The number of allylic oxidation sites excluding steroid dienone is 4. The van der Waals surface area contributed by atoms with Crippen LogP contribution in [-0.4, -0.2) is 7.05 Å². The lowest BCUT2D eigenvalue weighted by Gasteiger charge is -2.27. The lowest BCUT2D eigenvalue weighted by molar-refractivity contribution is 1.05. The second-order valence-electron chi connectivity index (χ2n) is 13.8. The summed E-state index contributed by atoms with van der Waals surface area (Å²) in [6.45, 7) is 0. The molecule has 0 spiro atoms. The lowest BCUT2D eigenvalue weighted by Crippen LogP contribution is -2.10. The van der Waals surface area contributed by atoms with E-state index in [2.05, 4.69) is 217 Å². The Labute approximate surface area is 312 Å². The van der Waals surface area contributed by atoms with Crippen molar-refractivity contribution >= 4 is 55.6 Å². The van der Waals surface area contributed by atoms with E-state index >= 15 is 0 Å². The quantitative estimate of drug-likeness (QED) is 0.147. The minimum Gasteiger partial charge on any atom is -0.344 e. The minimum atomic E-state index is 1.06. The predicted molar refractivity (Wildman–Crippen MR) is 228 cm³/mol. The lowest BCUT2D eigenvalue weighted by atomic mass is 9.96. The van der Waals surface area contributed by atoms with E-state index in [1.54, 1.807) is 0 Å². The van der Waals surface area contributed by atoms with Crippen LogP contribution in [0, 0.1) is 0 Å². The topological polar surface area (TPSA) is 6.48 Å². The fourth-order valence-electron chi connectivity index (χ4n) is 7.72. The molecule has 0 N–H and O–H groups in total. The molecule has 1 aliphatic rings. The molecule has 0 bridgehead atoms. The molecule has 0 heterocycles. The molecule has 53 heavy (non-hydrogen) atoms. The van der Waals surface area contributed by atoms with Gasteiger partial charge in [0.05, 0.1) is 0 Å². The third-order valence-electron chi connectivity index (χ3n) is 10.5. The number of anilines is 5. The highest BCUT2D eigenvalue weighted by Gasteiger charge is 2.16. The molecule has 2 heteroatoms. The zero-order valence-electron chi connectivity index (χ0n) is 29.9. The van der Waals surface area contributed by atoms with E-state index in [9.17, 15) is 0 Å². The largest absolute Gasteiger partial charge is 0.344 e. The van der Waals surface area contributed by atoms with E-state index in [4.69, 9.17) is 0 Å². The molecule has 0 saturated carbocycles. The van der Waals surface area contributed by atoms with Crippen LogP contribution in [0.15, 0.2) is 200 Å². The Bertz CT molecular complexity index is 2610. The molecule has 0 aliphatic heterocycles. The Balaban J connectivity index is 1.05. The van der Waals surface area contributed by atoms with E-state index < -0.39 is 0 Å². The number of benzene rings is 8. The second-order valence-corrected chi connectivity index (χ2v) is 13.8. The monoisotopic (exact) mass is 680 g/mol. The van der Waals surface area contributed by atoms with Crippen molar-refractivity contribution in [2.75, 3.05) is 16.8 Å². The second kappa shape index (κ2) is 14.2. The van der Waals surface area contributed by atoms with Crippen LogP contribution in [0.25, 0.3) is 49.4 Å². The van der Waals surface area contributed by atoms with Crippen molar-refractivity contribution in [3.05, 3.63) is 206 Å². The summed E-state index contributed by atoms with van der Waals surface area (Å²) >= 11 is 0. The van der Waals surface area contributed by atoms with Gasteiger partial charge in [-0.1, -0.05) is 146 Å². The van der Waals surface area contributed by atoms with Gasteiger partial charge in [-0.05, 0) is 117 Å². The molecular weight excluding hydrogens is 641 g/mol. The van der Waals surface area contributed by atoms with Gasteiger partial charge in [-0.2, -0.15) is 0 Å².